The quantitative estimate of drug-likeness (QED) is 0.554. The van der Waals surface area contributed by atoms with Crippen LogP contribution in [-0.2, 0) is 16.1 Å². The molecule has 3 aliphatic rings. The summed E-state index contributed by atoms with van der Waals surface area (Å²) in [5, 5.41) is 2.93. The third-order valence-corrected chi connectivity index (χ3v) is 7.28. The van der Waals surface area contributed by atoms with Crippen LogP contribution < -0.4 is 14.8 Å². The number of carbonyl (C=O) groups excluding carboxylic acids is 3. The minimum absolute atomic E-state index is 0.0587. The van der Waals surface area contributed by atoms with Gasteiger partial charge in [-0.3, -0.25) is 19.3 Å². The molecule has 1 N–H and O–H groups in total. The topological polar surface area (TPSA) is 111 Å². The fourth-order valence-electron chi connectivity index (χ4n) is 5.26. The average Bonchev–Trinajstić information content (AvgIpc) is 3.72. The lowest BCUT2D eigenvalue weighted by Crippen LogP contribution is -2.59. The van der Waals surface area contributed by atoms with Gasteiger partial charge in [-0.25, -0.2) is 0 Å². The lowest BCUT2D eigenvalue weighted by molar-refractivity contribution is -0.128. The van der Waals surface area contributed by atoms with E-state index >= 15 is 0 Å². The van der Waals surface area contributed by atoms with Crippen LogP contribution in [0, 0.1) is 0 Å². The largest absolute Gasteiger partial charge is 0.459 e. The second kappa shape index (κ2) is 9.86. The van der Waals surface area contributed by atoms with Crippen molar-refractivity contribution in [1.29, 1.82) is 0 Å². The molecule has 4 heterocycles. The van der Waals surface area contributed by atoms with Crippen LogP contribution in [-0.4, -0.2) is 65.8 Å². The summed E-state index contributed by atoms with van der Waals surface area (Å²) in [6.45, 7) is 1.24. The highest BCUT2D eigenvalue weighted by molar-refractivity contribution is 5.97. The molecule has 0 bridgehead atoms. The van der Waals surface area contributed by atoms with Crippen LogP contribution in [0.4, 0.5) is 0 Å². The second-order valence-electron chi connectivity index (χ2n) is 9.49. The molecular formula is C28H27N3O7. The third-order valence-electron chi connectivity index (χ3n) is 7.28. The smallest absolute Gasteiger partial charge is 0.292 e. The van der Waals surface area contributed by atoms with Crippen LogP contribution in [0.15, 0.2) is 71.3 Å². The Labute approximate surface area is 219 Å². The van der Waals surface area contributed by atoms with Gasteiger partial charge in [-0.2, -0.15) is 0 Å². The van der Waals surface area contributed by atoms with Crippen molar-refractivity contribution in [2.24, 2.45) is 0 Å². The summed E-state index contributed by atoms with van der Waals surface area (Å²) in [5.41, 5.74) is 0.428. The molecule has 0 radical (unpaired) electrons. The number of carbonyl (C=O) groups is 3. The Morgan fingerprint density at radius 1 is 0.921 bits per heavy atom. The molecule has 6 rings (SSSR count). The molecule has 2 aromatic carbocycles. The van der Waals surface area contributed by atoms with Crippen LogP contribution >= 0.6 is 0 Å². The summed E-state index contributed by atoms with van der Waals surface area (Å²) in [5.74, 6) is 0.435. The molecule has 3 aromatic rings. The maximum Gasteiger partial charge on any atom is 0.292 e. The molecule has 0 unspecified atom stereocenters. The molecule has 1 atom stereocenters. The minimum Gasteiger partial charge on any atom is -0.459 e. The lowest BCUT2D eigenvalue weighted by Gasteiger charge is -2.44. The van der Waals surface area contributed by atoms with E-state index in [0.29, 0.717) is 49.5 Å². The summed E-state index contributed by atoms with van der Waals surface area (Å²) in [4.78, 5) is 43.3. The van der Waals surface area contributed by atoms with Crippen LogP contribution in [0.5, 0.6) is 11.5 Å². The first-order chi connectivity index (χ1) is 18.5. The Morgan fingerprint density at radius 2 is 1.71 bits per heavy atom. The van der Waals surface area contributed by atoms with E-state index < -0.39 is 17.7 Å². The van der Waals surface area contributed by atoms with Crippen LogP contribution in [0.1, 0.15) is 39.3 Å². The Balaban J connectivity index is 1.19. The summed E-state index contributed by atoms with van der Waals surface area (Å²) < 4.78 is 22.4. The number of rotatable bonds is 5. The Morgan fingerprint density at radius 3 is 2.47 bits per heavy atom. The van der Waals surface area contributed by atoms with E-state index in [1.165, 1.54) is 11.2 Å². The van der Waals surface area contributed by atoms with E-state index in [2.05, 4.69) is 5.32 Å². The van der Waals surface area contributed by atoms with Gasteiger partial charge in [0.1, 0.15) is 11.8 Å². The molecule has 3 aliphatic heterocycles. The van der Waals surface area contributed by atoms with Crippen molar-refractivity contribution in [2.45, 2.75) is 31.2 Å². The maximum atomic E-state index is 13.6. The number of nitrogens with zero attached hydrogens (tertiary/aromatic N) is 2. The van der Waals surface area contributed by atoms with Gasteiger partial charge in [0.05, 0.1) is 12.9 Å². The molecule has 10 nitrogen and oxygen atoms in total. The second-order valence-corrected chi connectivity index (χ2v) is 9.49. The van der Waals surface area contributed by atoms with Gasteiger partial charge in [-0.1, -0.05) is 30.3 Å². The van der Waals surface area contributed by atoms with E-state index in [0.717, 1.165) is 5.56 Å². The number of ether oxygens (including phenoxy) is 3. The molecule has 2 saturated heterocycles. The van der Waals surface area contributed by atoms with Gasteiger partial charge in [0, 0.05) is 38.0 Å². The van der Waals surface area contributed by atoms with Crippen LogP contribution in [0.2, 0.25) is 0 Å². The summed E-state index contributed by atoms with van der Waals surface area (Å²) in [7, 11) is 0. The number of nitrogens with one attached hydrogen (secondary N) is 1. The van der Waals surface area contributed by atoms with Crippen LogP contribution in [0.3, 0.4) is 0 Å². The highest BCUT2D eigenvalue weighted by Gasteiger charge is 2.54. The normalized spacial score (nSPS) is 19.5. The molecule has 10 heteroatoms. The highest BCUT2D eigenvalue weighted by atomic mass is 16.7. The van der Waals surface area contributed by atoms with Gasteiger partial charge in [0.15, 0.2) is 17.3 Å². The van der Waals surface area contributed by atoms with Gasteiger partial charge in [0.25, 0.3) is 11.8 Å². The molecule has 196 valence electrons. The van der Waals surface area contributed by atoms with Crippen molar-refractivity contribution in [3.63, 3.8) is 0 Å². The molecule has 0 saturated carbocycles. The van der Waals surface area contributed by atoms with Crippen molar-refractivity contribution in [3.8, 4) is 11.5 Å². The molecular weight excluding hydrogens is 490 g/mol. The maximum absolute atomic E-state index is 13.6. The number of hydrogen-bond donors (Lipinski definition) is 1. The number of fused-ring (bicyclic) bond motifs is 1. The average molecular weight is 518 g/mol. The van der Waals surface area contributed by atoms with Crippen LogP contribution in [0.25, 0.3) is 0 Å². The summed E-state index contributed by atoms with van der Waals surface area (Å²) >= 11 is 0. The van der Waals surface area contributed by atoms with Gasteiger partial charge < -0.3 is 28.8 Å². The SMILES string of the molecule is O=C(NCc1ccccc1)[C@H]1COC2(CCN(C(=O)c3ccc4c(c3)OCO4)CC2)N1C(=O)c1ccco1. The van der Waals surface area contributed by atoms with Gasteiger partial charge >= 0.3 is 0 Å². The van der Waals surface area contributed by atoms with Gasteiger partial charge in [-0.15, -0.1) is 0 Å². The molecule has 1 aromatic heterocycles. The van der Waals surface area contributed by atoms with E-state index in [4.69, 9.17) is 18.6 Å². The first-order valence-corrected chi connectivity index (χ1v) is 12.6. The fourth-order valence-corrected chi connectivity index (χ4v) is 5.26. The number of furan rings is 1. The lowest BCUT2D eigenvalue weighted by atomic mass is 9.96. The van der Waals surface area contributed by atoms with Crippen molar-refractivity contribution in [3.05, 3.63) is 83.8 Å². The van der Waals surface area contributed by atoms with E-state index in [-0.39, 0.29) is 31.0 Å². The number of amides is 3. The monoisotopic (exact) mass is 517 g/mol. The summed E-state index contributed by atoms with van der Waals surface area (Å²) in [6.07, 6.45) is 2.14. The van der Waals surface area contributed by atoms with E-state index in [9.17, 15) is 14.4 Å². The number of likely N-dealkylation sites (tertiary alicyclic amines) is 1. The zero-order valence-electron chi connectivity index (χ0n) is 20.6. The minimum atomic E-state index is -1.02. The van der Waals surface area contributed by atoms with E-state index in [1.807, 2.05) is 30.3 Å². The predicted molar refractivity (Wildman–Crippen MR) is 133 cm³/mol. The molecule has 2 fully saturated rings. The first kappa shape index (κ1) is 24.1. The first-order valence-electron chi connectivity index (χ1n) is 12.6. The zero-order chi connectivity index (χ0) is 26.1. The van der Waals surface area contributed by atoms with Crippen molar-refractivity contribution in [1.82, 2.24) is 15.1 Å². The predicted octanol–water partition coefficient (Wildman–Crippen LogP) is 2.80. The highest BCUT2D eigenvalue weighted by Crippen LogP contribution is 2.39. The van der Waals surface area contributed by atoms with Gasteiger partial charge in [0.2, 0.25) is 12.7 Å². The molecule has 1 spiro atoms. The number of hydrogen-bond acceptors (Lipinski definition) is 7. The standard InChI is InChI=1S/C28H27N3O7/c32-25(29-16-19-5-2-1-3-6-19)21-17-38-28(31(21)27(34)23-7-4-14-35-23)10-12-30(13-11-28)26(33)20-8-9-22-24(15-20)37-18-36-22/h1-9,14-15,21H,10-13,16-18H2,(H,29,32)/t21-/m1/s1. The van der Waals surface area contributed by atoms with Crippen molar-refractivity contribution < 1.29 is 33.0 Å². The fraction of sp³-hybridized carbons (Fsp3) is 0.321. The van der Waals surface area contributed by atoms with Crippen molar-refractivity contribution >= 4 is 17.7 Å². The molecule has 38 heavy (non-hydrogen) atoms. The van der Waals surface area contributed by atoms with Gasteiger partial charge in [-0.05, 0) is 35.9 Å². The zero-order valence-corrected chi connectivity index (χ0v) is 20.6. The number of piperidine rings is 1. The summed E-state index contributed by atoms with van der Waals surface area (Å²) in [6, 6.07) is 17.1. The molecule has 3 amide bonds. The Bertz CT molecular complexity index is 1330. The number of benzene rings is 2. The Kier molecular flexibility index (Phi) is 6.24. The van der Waals surface area contributed by atoms with Crippen molar-refractivity contribution in [2.75, 3.05) is 26.5 Å². The third kappa shape index (κ3) is 4.37. The molecule has 0 aliphatic carbocycles. The Hall–Kier alpha value is -4.31. The van der Waals surface area contributed by atoms with E-state index in [1.54, 1.807) is 35.2 Å².